The summed E-state index contributed by atoms with van der Waals surface area (Å²) in [5, 5.41) is 0. The summed E-state index contributed by atoms with van der Waals surface area (Å²) >= 11 is 0. The van der Waals surface area contributed by atoms with Gasteiger partial charge in [0.1, 0.15) is 5.82 Å². The molecule has 1 heterocycles. The molecule has 1 atom stereocenters. The molecule has 0 bridgehead atoms. The monoisotopic (exact) mass is 222 g/mol. The molecule has 0 aromatic heterocycles. The lowest BCUT2D eigenvalue weighted by molar-refractivity contribution is -0.118. The first-order chi connectivity index (χ1) is 7.66. The van der Waals surface area contributed by atoms with Gasteiger partial charge in [-0.3, -0.25) is 4.79 Å². The van der Waals surface area contributed by atoms with Crippen molar-refractivity contribution in [3.63, 3.8) is 0 Å². The highest BCUT2D eigenvalue weighted by atomic mass is 19.1. The van der Waals surface area contributed by atoms with Crippen LogP contribution >= 0.6 is 0 Å². The van der Waals surface area contributed by atoms with Crippen molar-refractivity contribution in [3.8, 4) is 0 Å². The second-order valence-electron chi connectivity index (χ2n) is 4.13. The van der Waals surface area contributed by atoms with Crippen molar-refractivity contribution in [1.82, 2.24) is 0 Å². The van der Waals surface area contributed by atoms with Crippen LogP contribution in [0.25, 0.3) is 0 Å². The van der Waals surface area contributed by atoms with Gasteiger partial charge in [-0.25, -0.2) is 4.39 Å². The van der Waals surface area contributed by atoms with E-state index in [4.69, 9.17) is 5.73 Å². The molecule has 1 aromatic carbocycles. The molecule has 0 saturated carbocycles. The third-order valence-electron chi connectivity index (χ3n) is 2.83. The molecular formula is C12H15FN2O. The molecule has 4 heteroatoms. The number of hydrogen-bond acceptors (Lipinski definition) is 2. The predicted octanol–water partition coefficient (Wildman–Crippen LogP) is 1.67. The first-order valence-electron chi connectivity index (χ1n) is 5.48. The van der Waals surface area contributed by atoms with Gasteiger partial charge < -0.3 is 10.6 Å². The molecule has 3 nitrogen and oxygen atoms in total. The molecule has 1 aromatic rings. The molecule has 0 aliphatic carbocycles. The Kier molecular flexibility index (Phi) is 3.19. The van der Waals surface area contributed by atoms with Crippen molar-refractivity contribution in [2.45, 2.75) is 25.3 Å². The van der Waals surface area contributed by atoms with E-state index in [2.05, 4.69) is 0 Å². The maximum atomic E-state index is 12.8. The van der Waals surface area contributed by atoms with E-state index in [1.807, 2.05) is 0 Å². The van der Waals surface area contributed by atoms with Gasteiger partial charge in [-0.1, -0.05) is 0 Å². The number of carbonyl (C=O) groups is 1. The maximum absolute atomic E-state index is 12.8. The number of nitrogens with zero attached hydrogens (tertiary/aromatic N) is 1. The SMILES string of the molecule is NC1CCCN(c2ccc(F)cc2)C(=O)C1. The highest BCUT2D eigenvalue weighted by Crippen LogP contribution is 2.20. The zero-order valence-electron chi connectivity index (χ0n) is 9.03. The summed E-state index contributed by atoms with van der Waals surface area (Å²) in [5.74, 6) is -0.265. The molecule has 1 aliphatic rings. The maximum Gasteiger partial charge on any atom is 0.228 e. The number of rotatable bonds is 1. The number of anilines is 1. The number of hydrogen-bond donors (Lipinski definition) is 1. The largest absolute Gasteiger partial charge is 0.327 e. The molecule has 2 rings (SSSR count). The van der Waals surface area contributed by atoms with Crippen molar-refractivity contribution in [2.75, 3.05) is 11.4 Å². The molecule has 2 N–H and O–H groups in total. The van der Waals surface area contributed by atoms with Gasteiger partial charge in [-0.05, 0) is 37.1 Å². The lowest BCUT2D eigenvalue weighted by Gasteiger charge is -2.20. The molecule has 1 aliphatic heterocycles. The van der Waals surface area contributed by atoms with Gasteiger partial charge in [0.15, 0.2) is 0 Å². The smallest absolute Gasteiger partial charge is 0.228 e. The summed E-state index contributed by atoms with van der Waals surface area (Å²) in [6.45, 7) is 0.665. The van der Waals surface area contributed by atoms with Crippen molar-refractivity contribution < 1.29 is 9.18 Å². The number of carbonyl (C=O) groups excluding carboxylic acids is 1. The summed E-state index contributed by atoms with van der Waals surface area (Å²) in [6, 6.07) is 5.95. The van der Waals surface area contributed by atoms with Crippen molar-refractivity contribution in [2.24, 2.45) is 5.73 Å². The number of amides is 1. The normalized spacial score (nSPS) is 22.0. The highest BCUT2D eigenvalue weighted by molar-refractivity contribution is 5.93. The number of benzene rings is 1. The second kappa shape index (κ2) is 4.61. The van der Waals surface area contributed by atoms with Crippen LogP contribution in [0.4, 0.5) is 10.1 Å². The molecule has 1 saturated heterocycles. The Labute approximate surface area is 94.0 Å². The van der Waals surface area contributed by atoms with Crippen LogP contribution in [0.15, 0.2) is 24.3 Å². The fraction of sp³-hybridized carbons (Fsp3) is 0.417. The molecule has 1 fully saturated rings. The molecule has 16 heavy (non-hydrogen) atoms. The molecule has 0 radical (unpaired) electrons. The van der Waals surface area contributed by atoms with E-state index in [1.165, 1.54) is 12.1 Å². The van der Waals surface area contributed by atoms with E-state index in [9.17, 15) is 9.18 Å². The zero-order valence-corrected chi connectivity index (χ0v) is 9.03. The Morgan fingerprint density at radius 2 is 2.00 bits per heavy atom. The quantitative estimate of drug-likeness (QED) is 0.785. The lowest BCUT2D eigenvalue weighted by atomic mass is 10.1. The minimum absolute atomic E-state index is 0.0246. The van der Waals surface area contributed by atoms with E-state index < -0.39 is 0 Å². The summed E-state index contributed by atoms with van der Waals surface area (Å²) in [6.07, 6.45) is 2.13. The summed E-state index contributed by atoms with van der Waals surface area (Å²) in [5.41, 5.74) is 6.53. The number of nitrogens with two attached hydrogens (primary N) is 1. The van der Waals surface area contributed by atoms with Gasteiger partial charge in [0, 0.05) is 24.7 Å². The van der Waals surface area contributed by atoms with Crippen molar-refractivity contribution in [1.29, 1.82) is 0 Å². The third-order valence-corrected chi connectivity index (χ3v) is 2.83. The van der Waals surface area contributed by atoms with E-state index in [0.29, 0.717) is 13.0 Å². The fourth-order valence-corrected chi connectivity index (χ4v) is 1.97. The van der Waals surface area contributed by atoms with Crippen molar-refractivity contribution >= 4 is 11.6 Å². The summed E-state index contributed by atoms with van der Waals surface area (Å²) < 4.78 is 12.8. The third kappa shape index (κ3) is 2.39. The Bertz CT molecular complexity index is 377. The first kappa shape index (κ1) is 11.1. The van der Waals surface area contributed by atoms with Crippen LogP contribution in [0, 0.1) is 5.82 Å². The minimum atomic E-state index is -0.289. The summed E-state index contributed by atoms with van der Waals surface area (Å²) in [4.78, 5) is 13.5. The number of halogens is 1. The molecule has 1 unspecified atom stereocenters. The summed E-state index contributed by atoms with van der Waals surface area (Å²) in [7, 11) is 0. The van der Waals surface area contributed by atoms with Crippen LogP contribution in [-0.2, 0) is 4.79 Å². The van der Waals surface area contributed by atoms with Gasteiger partial charge in [-0.2, -0.15) is 0 Å². The topological polar surface area (TPSA) is 46.3 Å². The van der Waals surface area contributed by atoms with Crippen LogP contribution in [0.2, 0.25) is 0 Å². The van der Waals surface area contributed by atoms with Crippen LogP contribution in [0.5, 0.6) is 0 Å². The Hall–Kier alpha value is -1.42. The average Bonchev–Trinajstić information content (AvgIpc) is 2.41. The fourth-order valence-electron chi connectivity index (χ4n) is 1.97. The van der Waals surface area contributed by atoms with Crippen LogP contribution < -0.4 is 10.6 Å². The molecular weight excluding hydrogens is 207 g/mol. The van der Waals surface area contributed by atoms with E-state index in [1.54, 1.807) is 17.0 Å². The first-order valence-corrected chi connectivity index (χ1v) is 5.48. The average molecular weight is 222 g/mol. The van der Waals surface area contributed by atoms with E-state index in [-0.39, 0.29) is 17.8 Å². The van der Waals surface area contributed by atoms with E-state index >= 15 is 0 Å². The zero-order chi connectivity index (χ0) is 11.5. The van der Waals surface area contributed by atoms with Crippen molar-refractivity contribution in [3.05, 3.63) is 30.1 Å². The highest BCUT2D eigenvalue weighted by Gasteiger charge is 2.22. The van der Waals surface area contributed by atoms with Crippen LogP contribution in [0.1, 0.15) is 19.3 Å². The Morgan fingerprint density at radius 1 is 1.31 bits per heavy atom. The van der Waals surface area contributed by atoms with Crippen LogP contribution in [-0.4, -0.2) is 18.5 Å². The van der Waals surface area contributed by atoms with Gasteiger partial charge >= 0.3 is 0 Å². The van der Waals surface area contributed by atoms with Crippen LogP contribution in [0.3, 0.4) is 0 Å². The predicted molar refractivity (Wildman–Crippen MR) is 60.6 cm³/mol. The molecule has 86 valence electrons. The lowest BCUT2D eigenvalue weighted by Crippen LogP contribution is -2.32. The second-order valence-corrected chi connectivity index (χ2v) is 4.13. The Morgan fingerprint density at radius 3 is 2.69 bits per heavy atom. The Balaban J connectivity index is 2.19. The standard InChI is InChI=1S/C12H15FN2O/c13-9-3-5-11(6-4-9)15-7-1-2-10(14)8-12(15)16/h3-6,10H,1-2,7-8,14H2. The van der Waals surface area contributed by atoms with Gasteiger partial charge in [0.2, 0.25) is 5.91 Å². The van der Waals surface area contributed by atoms with Gasteiger partial charge in [0.05, 0.1) is 0 Å². The van der Waals surface area contributed by atoms with E-state index in [0.717, 1.165) is 18.5 Å². The molecule has 1 amide bonds. The van der Waals surface area contributed by atoms with Gasteiger partial charge in [0.25, 0.3) is 0 Å². The molecule has 0 spiro atoms. The minimum Gasteiger partial charge on any atom is -0.327 e. The van der Waals surface area contributed by atoms with Gasteiger partial charge in [-0.15, -0.1) is 0 Å².